The van der Waals surface area contributed by atoms with Crippen LogP contribution in [0.4, 0.5) is 16.2 Å². The van der Waals surface area contributed by atoms with Crippen LogP contribution < -0.4 is 10.2 Å². The van der Waals surface area contributed by atoms with Crippen LogP contribution >= 0.6 is 0 Å². The van der Waals surface area contributed by atoms with Crippen LogP contribution in [-0.2, 0) is 6.42 Å². The molecule has 0 unspecified atom stereocenters. The smallest absolute Gasteiger partial charge is 0.321 e. The van der Waals surface area contributed by atoms with Gasteiger partial charge in [0.25, 0.3) is 0 Å². The van der Waals surface area contributed by atoms with Crippen molar-refractivity contribution >= 4 is 17.4 Å². The summed E-state index contributed by atoms with van der Waals surface area (Å²) in [5, 5.41) is 3.15. The van der Waals surface area contributed by atoms with Crippen LogP contribution in [0.1, 0.15) is 29.2 Å². The van der Waals surface area contributed by atoms with Crippen molar-refractivity contribution < 1.29 is 4.79 Å². The van der Waals surface area contributed by atoms with E-state index >= 15 is 0 Å². The molecule has 2 aromatic carbocycles. The lowest BCUT2D eigenvalue weighted by atomic mass is 10.1. The summed E-state index contributed by atoms with van der Waals surface area (Å²) in [4.78, 5) is 17.1. The van der Waals surface area contributed by atoms with E-state index in [1.165, 1.54) is 22.4 Å². The Hall–Kier alpha value is -2.49. The number of benzene rings is 2. The number of carbonyl (C=O) groups excluding carboxylic acids is 1. The summed E-state index contributed by atoms with van der Waals surface area (Å²) in [6, 6.07) is 12.6. The normalized spacial score (nSPS) is 14.5. The van der Waals surface area contributed by atoms with E-state index in [0.29, 0.717) is 0 Å². The van der Waals surface area contributed by atoms with Gasteiger partial charge in [-0.25, -0.2) is 4.79 Å². The summed E-state index contributed by atoms with van der Waals surface area (Å²) in [7, 11) is 0. The van der Waals surface area contributed by atoms with Gasteiger partial charge in [-0.15, -0.1) is 0 Å². The zero-order valence-corrected chi connectivity index (χ0v) is 16.3. The van der Waals surface area contributed by atoms with Crippen molar-refractivity contribution in [2.24, 2.45) is 0 Å². The van der Waals surface area contributed by atoms with Crippen LogP contribution in [0.15, 0.2) is 36.4 Å². The fourth-order valence-electron chi connectivity index (χ4n) is 3.83. The zero-order valence-electron chi connectivity index (χ0n) is 16.3. The minimum absolute atomic E-state index is 0.00940. The van der Waals surface area contributed by atoms with Crippen molar-refractivity contribution in [1.29, 1.82) is 0 Å². The largest absolute Gasteiger partial charge is 0.368 e. The molecule has 0 aliphatic carbocycles. The van der Waals surface area contributed by atoms with Gasteiger partial charge >= 0.3 is 6.03 Å². The highest BCUT2D eigenvalue weighted by Crippen LogP contribution is 2.26. The second-order valence-electron chi connectivity index (χ2n) is 7.11. The third-order valence-corrected chi connectivity index (χ3v) is 5.29. The zero-order chi connectivity index (χ0) is 18.7. The summed E-state index contributed by atoms with van der Waals surface area (Å²) in [5.41, 5.74) is 7.20. The SMILES string of the molecule is CCc1cccc(C)c1NC(=O)N1CCN(c2c(C)cccc2C)CC1. The number of aryl methyl sites for hydroxylation is 4. The second-order valence-corrected chi connectivity index (χ2v) is 7.11. The monoisotopic (exact) mass is 351 g/mol. The number of carbonyl (C=O) groups is 1. The number of anilines is 2. The van der Waals surface area contributed by atoms with Crippen molar-refractivity contribution in [3.63, 3.8) is 0 Å². The van der Waals surface area contributed by atoms with Crippen molar-refractivity contribution in [3.8, 4) is 0 Å². The first-order chi connectivity index (χ1) is 12.5. The first kappa shape index (κ1) is 18.3. The number of hydrogen-bond donors (Lipinski definition) is 1. The predicted molar refractivity (Wildman–Crippen MR) is 109 cm³/mol. The van der Waals surface area contributed by atoms with Crippen LogP contribution in [0.25, 0.3) is 0 Å². The Morgan fingerprint density at radius 1 is 0.923 bits per heavy atom. The molecule has 2 amide bonds. The molecule has 0 aromatic heterocycles. The summed E-state index contributed by atoms with van der Waals surface area (Å²) in [6.45, 7) is 11.7. The molecule has 138 valence electrons. The number of nitrogens with one attached hydrogen (secondary N) is 1. The maximum Gasteiger partial charge on any atom is 0.321 e. The third-order valence-electron chi connectivity index (χ3n) is 5.29. The molecule has 0 bridgehead atoms. The Morgan fingerprint density at radius 2 is 1.50 bits per heavy atom. The number of urea groups is 1. The van der Waals surface area contributed by atoms with Crippen LogP contribution in [0.2, 0.25) is 0 Å². The van der Waals surface area contributed by atoms with E-state index in [-0.39, 0.29) is 6.03 Å². The van der Waals surface area contributed by atoms with Crippen molar-refractivity contribution in [1.82, 2.24) is 4.90 Å². The highest BCUT2D eigenvalue weighted by Gasteiger charge is 2.23. The van der Waals surface area contributed by atoms with Gasteiger partial charge in [0, 0.05) is 37.6 Å². The van der Waals surface area contributed by atoms with Gasteiger partial charge in [0.1, 0.15) is 0 Å². The summed E-state index contributed by atoms with van der Waals surface area (Å²) >= 11 is 0. The van der Waals surface area contributed by atoms with Crippen molar-refractivity contribution in [3.05, 3.63) is 58.7 Å². The first-order valence-electron chi connectivity index (χ1n) is 9.46. The number of piperazine rings is 1. The molecule has 26 heavy (non-hydrogen) atoms. The lowest BCUT2D eigenvalue weighted by molar-refractivity contribution is 0.208. The Balaban J connectivity index is 1.66. The molecule has 1 saturated heterocycles. The second kappa shape index (κ2) is 7.81. The third kappa shape index (κ3) is 3.69. The number of para-hydroxylation sites is 2. The van der Waals surface area contributed by atoms with E-state index in [4.69, 9.17) is 0 Å². The molecule has 0 radical (unpaired) electrons. The molecule has 3 rings (SSSR count). The van der Waals surface area contributed by atoms with Gasteiger partial charge in [-0.2, -0.15) is 0 Å². The molecule has 1 N–H and O–H groups in total. The lowest BCUT2D eigenvalue weighted by Crippen LogP contribution is -2.50. The molecule has 2 aromatic rings. The van der Waals surface area contributed by atoms with Gasteiger partial charge in [0.2, 0.25) is 0 Å². The maximum atomic E-state index is 12.8. The quantitative estimate of drug-likeness (QED) is 0.882. The lowest BCUT2D eigenvalue weighted by Gasteiger charge is -2.37. The minimum atomic E-state index is 0.00940. The predicted octanol–water partition coefficient (Wildman–Crippen LogP) is 4.53. The molecular weight excluding hydrogens is 322 g/mol. The Kier molecular flexibility index (Phi) is 5.50. The van der Waals surface area contributed by atoms with E-state index in [1.54, 1.807) is 0 Å². The molecule has 0 atom stereocenters. The van der Waals surface area contributed by atoms with Crippen molar-refractivity contribution in [2.75, 3.05) is 36.4 Å². The summed E-state index contributed by atoms with van der Waals surface area (Å²) in [6.07, 6.45) is 0.914. The van der Waals surface area contributed by atoms with Gasteiger partial charge in [-0.1, -0.05) is 43.3 Å². The van der Waals surface area contributed by atoms with Crippen LogP contribution in [0.5, 0.6) is 0 Å². The van der Waals surface area contributed by atoms with Gasteiger partial charge < -0.3 is 15.1 Å². The molecule has 0 spiro atoms. The Morgan fingerprint density at radius 3 is 2.12 bits per heavy atom. The van der Waals surface area contributed by atoms with Crippen LogP contribution in [0, 0.1) is 20.8 Å². The highest BCUT2D eigenvalue weighted by atomic mass is 16.2. The van der Waals surface area contributed by atoms with E-state index < -0.39 is 0 Å². The molecule has 0 saturated carbocycles. The molecule has 4 heteroatoms. The number of amides is 2. The van der Waals surface area contributed by atoms with Gasteiger partial charge in [0.05, 0.1) is 0 Å². The molecule has 1 fully saturated rings. The molecule has 1 aliphatic rings. The number of nitrogens with zero attached hydrogens (tertiary/aromatic N) is 2. The number of hydrogen-bond acceptors (Lipinski definition) is 2. The number of rotatable bonds is 3. The Bertz CT molecular complexity index is 772. The Labute approximate surface area is 156 Å². The van der Waals surface area contributed by atoms with Gasteiger partial charge in [-0.3, -0.25) is 0 Å². The fourth-order valence-corrected chi connectivity index (χ4v) is 3.83. The van der Waals surface area contributed by atoms with Crippen molar-refractivity contribution in [2.45, 2.75) is 34.1 Å². The van der Waals surface area contributed by atoms with Crippen LogP contribution in [-0.4, -0.2) is 37.1 Å². The average molecular weight is 351 g/mol. The van der Waals surface area contributed by atoms with E-state index in [0.717, 1.165) is 43.9 Å². The topological polar surface area (TPSA) is 35.6 Å². The summed E-state index contributed by atoms with van der Waals surface area (Å²) < 4.78 is 0. The standard InChI is InChI=1S/C22H29N3O/c1-5-19-11-7-8-16(2)20(19)23-22(26)25-14-12-24(13-15-25)21-17(3)9-6-10-18(21)4/h6-11H,5,12-15H2,1-4H3,(H,23,26). The first-order valence-corrected chi connectivity index (χ1v) is 9.46. The maximum absolute atomic E-state index is 12.8. The van der Waals surface area contributed by atoms with Crippen LogP contribution in [0.3, 0.4) is 0 Å². The van der Waals surface area contributed by atoms with Gasteiger partial charge in [0.15, 0.2) is 0 Å². The van der Waals surface area contributed by atoms with Gasteiger partial charge in [-0.05, 0) is 49.4 Å². The van der Waals surface area contributed by atoms with E-state index in [9.17, 15) is 4.79 Å². The molecule has 1 heterocycles. The molecule has 1 aliphatic heterocycles. The minimum Gasteiger partial charge on any atom is -0.368 e. The summed E-state index contributed by atoms with van der Waals surface area (Å²) in [5.74, 6) is 0. The fraction of sp³-hybridized carbons (Fsp3) is 0.409. The average Bonchev–Trinajstić information content (AvgIpc) is 2.63. The molecule has 4 nitrogen and oxygen atoms in total. The van der Waals surface area contributed by atoms with E-state index in [1.807, 2.05) is 24.0 Å². The van der Waals surface area contributed by atoms with E-state index in [2.05, 4.69) is 55.3 Å². The molecular formula is C22H29N3O. The highest BCUT2D eigenvalue weighted by molar-refractivity contribution is 5.91.